The van der Waals surface area contributed by atoms with Crippen LogP contribution < -0.4 is 5.32 Å². The van der Waals surface area contributed by atoms with E-state index >= 15 is 0 Å². The maximum atomic E-state index is 12.5. The molecular formula is C21H28N2O5. The third-order valence-corrected chi connectivity index (χ3v) is 3.94. The van der Waals surface area contributed by atoms with Gasteiger partial charge in [0, 0.05) is 13.0 Å². The van der Waals surface area contributed by atoms with Crippen LogP contribution in [0.5, 0.6) is 0 Å². The van der Waals surface area contributed by atoms with Crippen molar-refractivity contribution in [3.05, 3.63) is 48.0 Å². The highest BCUT2D eigenvalue weighted by Crippen LogP contribution is 2.15. The molecule has 0 saturated heterocycles. The van der Waals surface area contributed by atoms with Gasteiger partial charge in [-0.25, -0.2) is 4.79 Å². The zero-order valence-corrected chi connectivity index (χ0v) is 16.6. The van der Waals surface area contributed by atoms with Gasteiger partial charge in [0.25, 0.3) is 0 Å². The Hall–Kier alpha value is -2.83. The van der Waals surface area contributed by atoms with Gasteiger partial charge < -0.3 is 14.8 Å². The number of ether oxygens (including phenoxy) is 2. The van der Waals surface area contributed by atoms with Crippen LogP contribution in [0.3, 0.4) is 0 Å². The number of carbonyl (C=O) groups is 3. The van der Waals surface area contributed by atoms with Crippen LogP contribution in [0.25, 0.3) is 0 Å². The fourth-order valence-corrected chi connectivity index (χ4v) is 2.69. The molecule has 7 nitrogen and oxygen atoms in total. The Balaban J connectivity index is 2.11. The van der Waals surface area contributed by atoms with Crippen molar-refractivity contribution < 1.29 is 23.9 Å². The van der Waals surface area contributed by atoms with Gasteiger partial charge in [-0.3, -0.25) is 14.5 Å². The number of allylic oxidation sites excluding steroid dienone is 1. The Morgan fingerprint density at radius 1 is 1.21 bits per heavy atom. The lowest BCUT2D eigenvalue weighted by atomic mass is 10.1. The fourth-order valence-electron chi connectivity index (χ4n) is 2.69. The third-order valence-electron chi connectivity index (χ3n) is 3.94. The number of nitrogens with zero attached hydrogens (tertiary/aromatic N) is 1. The average molecular weight is 388 g/mol. The molecular weight excluding hydrogens is 360 g/mol. The highest BCUT2D eigenvalue weighted by Gasteiger charge is 2.24. The Morgan fingerprint density at radius 3 is 2.61 bits per heavy atom. The van der Waals surface area contributed by atoms with Gasteiger partial charge >= 0.3 is 12.1 Å². The van der Waals surface area contributed by atoms with Crippen LogP contribution >= 0.6 is 0 Å². The van der Waals surface area contributed by atoms with E-state index in [9.17, 15) is 14.4 Å². The van der Waals surface area contributed by atoms with Gasteiger partial charge in [-0.15, -0.1) is 0 Å². The standard InChI is InChI=1S/C21H28N2O5/c1-21(2,3)28-19(25)14-23-13-9-5-8-12-18(24)22-17(15-27-20(23)26)16-10-6-4-7-11-16/h4-7,9-11,17H,8,12-15H2,1-3H3,(H,22,24). The summed E-state index contributed by atoms with van der Waals surface area (Å²) < 4.78 is 10.7. The second kappa shape index (κ2) is 9.92. The minimum Gasteiger partial charge on any atom is -0.459 e. The quantitative estimate of drug-likeness (QED) is 0.636. The normalized spacial score (nSPS) is 19.1. The highest BCUT2D eigenvalue weighted by molar-refractivity contribution is 5.79. The van der Waals surface area contributed by atoms with E-state index < -0.39 is 23.7 Å². The first-order valence-corrected chi connectivity index (χ1v) is 9.37. The molecule has 0 aromatic heterocycles. The molecule has 1 N–H and O–H groups in total. The van der Waals surface area contributed by atoms with E-state index in [1.807, 2.05) is 36.4 Å². The Labute approximate surface area is 165 Å². The van der Waals surface area contributed by atoms with Gasteiger partial charge in [-0.05, 0) is 32.8 Å². The van der Waals surface area contributed by atoms with Crippen molar-refractivity contribution in [3.63, 3.8) is 0 Å². The highest BCUT2D eigenvalue weighted by atomic mass is 16.6. The predicted molar refractivity (Wildman–Crippen MR) is 104 cm³/mol. The van der Waals surface area contributed by atoms with Crippen molar-refractivity contribution in [2.45, 2.75) is 45.3 Å². The fraction of sp³-hybridized carbons (Fsp3) is 0.476. The molecule has 2 amide bonds. The summed E-state index contributed by atoms with van der Waals surface area (Å²) in [6, 6.07) is 8.87. The van der Waals surface area contributed by atoms with Gasteiger partial charge in [0.2, 0.25) is 5.91 Å². The molecule has 7 heteroatoms. The van der Waals surface area contributed by atoms with Crippen LogP contribution in [0.1, 0.15) is 45.2 Å². The van der Waals surface area contributed by atoms with Gasteiger partial charge in [0.05, 0.1) is 6.04 Å². The number of hydrogen-bond donors (Lipinski definition) is 1. The molecule has 0 saturated carbocycles. The van der Waals surface area contributed by atoms with Crippen molar-refractivity contribution >= 4 is 18.0 Å². The average Bonchev–Trinajstić information content (AvgIpc) is 2.62. The first-order valence-electron chi connectivity index (χ1n) is 9.37. The molecule has 0 spiro atoms. The maximum Gasteiger partial charge on any atom is 0.410 e. The lowest BCUT2D eigenvalue weighted by molar-refractivity contribution is -0.155. The van der Waals surface area contributed by atoms with Crippen molar-refractivity contribution in [3.8, 4) is 0 Å². The summed E-state index contributed by atoms with van der Waals surface area (Å²) in [5.74, 6) is -0.612. The number of esters is 1. The van der Waals surface area contributed by atoms with E-state index in [1.165, 1.54) is 4.90 Å². The largest absolute Gasteiger partial charge is 0.459 e. The van der Waals surface area contributed by atoms with Crippen molar-refractivity contribution in [2.24, 2.45) is 0 Å². The van der Waals surface area contributed by atoms with Crippen LogP contribution in [0.15, 0.2) is 42.5 Å². The van der Waals surface area contributed by atoms with E-state index in [0.717, 1.165) is 5.56 Å². The molecule has 0 aliphatic carbocycles. The van der Waals surface area contributed by atoms with Gasteiger partial charge in [-0.1, -0.05) is 42.5 Å². The van der Waals surface area contributed by atoms with Crippen molar-refractivity contribution in [1.82, 2.24) is 10.2 Å². The molecule has 1 aromatic carbocycles. The minimum absolute atomic E-state index is 0.0247. The molecule has 28 heavy (non-hydrogen) atoms. The van der Waals surface area contributed by atoms with Crippen molar-refractivity contribution in [1.29, 1.82) is 0 Å². The van der Waals surface area contributed by atoms with Crippen LogP contribution in [0.4, 0.5) is 4.79 Å². The van der Waals surface area contributed by atoms with E-state index in [0.29, 0.717) is 12.8 Å². The lowest BCUT2D eigenvalue weighted by Crippen LogP contribution is -2.40. The lowest BCUT2D eigenvalue weighted by Gasteiger charge is -2.25. The molecule has 1 atom stereocenters. The Morgan fingerprint density at radius 2 is 1.93 bits per heavy atom. The number of benzene rings is 1. The zero-order valence-electron chi connectivity index (χ0n) is 16.6. The number of carbonyl (C=O) groups excluding carboxylic acids is 3. The Bertz CT molecular complexity index is 709. The summed E-state index contributed by atoms with van der Waals surface area (Å²) >= 11 is 0. The number of nitrogens with one attached hydrogen (secondary N) is 1. The zero-order chi connectivity index (χ0) is 20.6. The minimum atomic E-state index is -0.633. The third kappa shape index (κ3) is 7.42. The van der Waals surface area contributed by atoms with Crippen molar-refractivity contribution in [2.75, 3.05) is 19.7 Å². The van der Waals surface area contributed by atoms with Crippen LogP contribution in [0.2, 0.25) is 0 Å². The van der Waals surface area contributed by atoms with E-state index in [4.69, 9.17) is 9.47 Å². The first kappa shape index (κ1) is 21.5. The van der Waals surface area contributed by atoms with E-state index in [2.05, 4.69) is 5.32 Å². The smallest absolute Gasteiger partial charge is 0.410 e. The summed E-state index contributed by atoms with van der Waals surface area (Å²) in [5.41, 5.74) is 0.210. The molecule has 1 heterocycles. The molecule has 1 aromatic rings. The number of amides is 2. The topological polar surface area (TPSA) is 84.9 Å². The molecule has 152 valence electrons. The number of rotatable bonds is 3. The second-order valence-electron chi connectivity index (χ2n) is 7.58. The SMILES string of the molecule is CC(C)(C)OC(=O)CN1CC=CCCC(=O)NC(c2ccccc2)COC1=O. The molecule has 1 aliphatic heterocycles. The summed E-state index contributed by atoms with van der Waals surface area (Å²) in [4.78, 5) is 38.1. The van der Waals surface area contributed by atoms with Crippen LogP contribution in [-0.4, -0.2) is 48.2 Å². The monoisotopic (exact) mass is 388 g/mol. The van der Waals surface area contributed by atoms with Gasteiger partial charge in [0.15, 0.2) is 0 Å². The Kier molecular flexibility index (Phi) is 7.61. The second-order valence-corrected chi connectivity index (χ2v) is 7.58. The molecule has 0 fully saturated rings. The molecule has 2 rings (SSSR count). The molecule has 0 bridgehead atoms. The van der Waals surface area contributed by atoms with E-state index in [1.54, 1.807) is 26.8 Å². The van der Waals surface area contributed by atoms with Crippen LogP contribution in [0, 0.1) is 0 Å². The summed E-state index contributed by atoms with van der Waals surface area (Å²) in [7, 11) is 0. The van der Waals surface area contributed by atoms with Gasteiger partial charge in [0.1, 0.15) is 18.8 Å². The molecule has 1 aliphatic rings. The van der Waals surface area contributed by atoms with Crippen LogP contribution in [-0.2, 0) is 19.1 Å². The molecule has 1 unspecified atom stereocenters. The number of hydrogen-bond acceptors (Lipinski definition) is 5. The summed E-state index contributed by atoms with van der Waals surface area (Å²) in [6.07, 6.45) is 3.80. The predicted octanol–water partition coefficient (Wildman–Crippen LogP) is 2.97. The summed E-state index contributed by atoms with van der Waals surface area (Å²) in [6.45, 7) is 5.29. The maximum absolute atomic E-state index is 12.5. The van der Waals surface area contributed by atoms with Gasteiger partial charge in [-0.2, -0.15) is 0 Å². The summed E-state index contributed by atoms with van der Waals surface area (Å²) in [5, 5.41) is 2.90. The number of cyclic esters (lactones) is 1. The van der Waals surface area contributed by atoms with E-state index in [-0.39, 0.29) is 25.6 Å². The molecule has 0 radical (unpaired) electrons. The first-order chi connectivity index (χ1) is 13.2.